The van der Waals surface area contributed by atoms with E-state index in [9.17, 15) is 0 Å². The maximum absolute atomic E-state index is 6.62. The van der Waals surface area contributed by atoms with Gasteiger partial charge in [-0.1, -0.05) is 127 Å². The summed E-state index contributed by atoms with van der Waals surface area (Å²) in [5.74, 6) is 1.84. The van der Waals surface area contributed by atoms with Gasteiger partial charge in [0.1, 0.15) is 22.3 Å². The summed E-state index contributed by atoms with van der Waals surface area (Å²) in [7, 11) is 0. The zero-order chi connectivity index (χ0) is 37.7. The van der Waals surface area contributed by atoms with Crippen LogP contribution in [-0.4, -0.2) is 15.0 Å². The molecular formula is C51H32N4O2. The minimum Gasteiger partial charge on any atom is -0.456 e. The molecule has 0 fully saturated rings. The van der Waals surface area contributed by atoms with Crippen molar-refractivity contribution in [2.75, 3.05) is 4.90 Å². The lowest BCUT2D eigenvalue weighted by atomic mass is 10.0. The molecule has 268 valence electrons. The number of hydrogen-bond acceptors (Lipinski definition) is 6. The van der Waals surface area contributed by atoms with Crippen LogP contribution in [0, 0.1) is 0 Å². The van der Waals surface area contributed by atoms with Crippen molar-refractivity contribution >= 4 is 60.9 Å². The van der Waals surface area contributed by atoms with Gasteiger partial charge in [-0.3, -0.25) is 0 Å². The van der Waals surface area contributed by atoms with Crippen LogP contribution in [-0.2, 0) is 0 Å². The van der Waals surface area contributed by atoms with Crippen LogP contribution in [0.1, 0.15) is 0 Å². The smallest absolute Gasteiger partial charge is 0.164 e. The first-order chi connectivity index (χ1) is 28.2. The van der Waals surface area contributed by atoms with Crippen molar-refractivity contribution in [1.29, 1.82) is 0 Å². The molecule has 11 rings (SSSR count). The van der Waals surface area contributed by atoms with Crippen molar-refractivity contribution in [3.8, 4) is 45.3 Å². The molecule has 0 spiro atoms. The molecule has 0 saturated heterocycles. The quantitative estimate of drug-likeness (QED) is 0.162. The lowest BCUT2D eigenvalue weighted by Gasteiger charge is -2.27. The summed E-state index contributed by atoms with van der Waals surface area (Å²) in [6, 6.07) is 66.3. The normalized spacial score (nSPS) is 11.5. The Morgan fingerprint density at radius 2 is 0.789 bits per heavy atom. The second kappa shape index (κ2) is 13.5. The largest absolute Gasteiger partial charge is 0.456 e. The molecule has 57 heavy (non-hydrogen) atoms. The fourth-order valence-corrected chi connectivity index (χ4v) is 7.79. The number of hydrogen-bond donors (Lipinski definition) is 0. The van der Waals surface area contributed by atoms with E-state index >= 15 is 0 Å². The molecular weight excluding hydrogens is 701 g/mol. The third kappa shape index (κ3) is 5.79. The standard InChI is InChI=1S/C51H32N4O2/c1-4-14-33(15-5-1)39-20-10-12-22-44(39)55(37-25-27-41-40-21-11-13-23-45(40)56-47(41)31-37)38-26-28-42-43-30-36(24-29-46(43)57-48(42)32-38)51-53-49(34-16-6-2-7-17-34)52-50(54-51)35-18-8-3-9-19-35/h1-32H. The minimum atomic E-state index is 0.597. The predicted molar refractivity (Wildman–Crippen MR) is 231 cm³/mol. The minimum absolute atomic E-state index is 0.597. The van der Waals surface area contributed by atoms with Crippen molar-refractivity contribution < 1.29 is 8.83 Å². The molecule has 8 aromatic carbocycles. The maximum atomic E-state index is 6.62. The predicted octanol–water partition coefficient (Wildman–Crippen LogP) is 13.8. The van der Waals surface area contributed by atoms with Gasteiger partial charge in [0.15, 0.2) is 17.5 Å². The lowest BCUT2D eigenvalue weighted by molar-refractivity contribution is 0.669. The Hall–Kier alpha value is -7.83. The molecule has 0 bridgehead atoms. The Bertz CT molecular complexity index is 3190. The molecule has 0 atom stereocenters. The summed E-state index contributed by atoms with van der Waals surface area (Å²) in [5, 5.41) is 4.17. The van der Waals surface area contributed by atoms with Crippen LogP contribution in [0.25, 0.3) is 89.2 Å². The summed E-state index contributed by atoms with van der Waals surface area (Å²) in [6.45, 7) is 0. The van der Waals surface area contributed by atoms with Gasteiger partial charge in [0.25, 0.3) is 0 Å². The molecule has 3 heterocycles. The zero-order valence-corrected chi connectivity index (χ0v) is 30.6. The van der Waals surface area contributed by atoms with E-state index in [0.717, 1.165) is 88.8 Å². The van der Waals surface area contributed by atoms with Gasteiger partial charge in [0, 0.05) is 67.3 Å². The summed E-state index contributed by atoms with van der Waals surface area (Å²) in [4.78, 5) is 17.1. The molecule has 0 unspecified atom stereocenters. The van der Waals surface area contributed by atoms with E-state index in [1.807, 2.05) is 97.1 Å². The maximum Gasteiger partial charge on any atom is 0.164 e. The highest BCUT2D eigenvalue weighted by atomic mass is 16.3. The third-order valence-corrected chi connectivity index (χ3v) is 10.5. The van der Waals surface area contributed by atoms with Crippen molar-refractivity contribution in [1.82, 2.24) is 15.0 Å². The van der Waals surface area contributed by atoms with Gasteiger partial charge < -0.3 is 13.7 Å². The average molecular weight is 733 g/mol. The molecule has 0 aliphatic carbocycles. The van der Waals surface area contributed by atoms with Gasteiger partial charge in [-0.25, -0.2) is 15.0 Å². The van der Waals surface area contributed by atoms with E-state index in [4.69, 9.17) is 23.8 Å². The van der Waals surface area contributed by atoms with Crippen LogP contribution < -0.4 is 4.90 Å². The van der Waals surface area contributed by atoms with Crippen LogP contribution in [0.5, 0.6) is 0 Å². The first kappa shape index (κ1) is 32.6. The first-order valence-electron chi connectivity index (χ1n) is 18.9. The van der Waals surface area contributed by atoms with E-state index in [1.54, 1.807) is 0 Å². The van der Waals surface area contributed by atoms with Gasteiger partial charge in [-0.2, -0.15) is 0 Å². The number of rotatable bonds is 7. The van der Waals surface area contributed by atoms with Crippen molar-refractivity contribution in [2.24, 2.45) is 0 Å². The second-order valence-corrected chi connectivity index (χ2v) is 14.0. The van der Waals surface area contributed by atoms with Crippen LogP contribution in [0.15, 0.2) is 203 Å². The topological polar surface area (TPSA) is 68.2 Å². The number of anilines is 3. The Labute approximate surface area is 328 Å². The summed E-state index contributed by atoms with van der Waals surface area (Å²) >= 11 is 0. The van der Waals surface area contributed by atoms with Gasteiger partial charge in [-0.15, -0.1) is 0 Å². The fourth-order valence-electron chi connectivity index (χ4n) is 7.79. The molecule has 0 radical (unpaired) electrons. The Kier molecular flexibility index (Phi) is 7.71. The van der Waals surface area contributed by atoms with Crippen molar-refractivity contribution in [3.63, 3.8) is 0 Å². The molecule has 0 aliphatic heterocycles. The van der Waals surface area contributed by atoms with E-state index in [2.05, 4.69) is 102 Å². The second-order valence-electron chi connectivity index (χ2n) is 14.0. The third-order valence-electron chi connectivity index (χ3n) is 10.5. The molecule has 0 saturated carbocycles. The van der Waals surface area contributed by atoms with E-state index < -0.39 is 0 Å². The van der Waals surface area contributed by atoms with Crippen LogP contribution in [0.3, 0.4) is 0 Å². The molecule has 6 nitrogen and oxygen atoms in total. The van der Waals surface area contributed by atoms with Gasteiger partial charge in [0.05, 0.1) is 5.69 Å². The molecule has 11 aromatic rings. The number of aromatic nitrogens is 3. The molecule has 3 aromatic heterocycles. The van der Waals surface area contributed by atoms with Gasteiger partial charge in [0.2, 0.25) is 0 Å². The Balaban J connectivity index is 1.06. The average Bonchev–Trinajstić information content (AvgIpc) is 3.84. The molecule has 0 aliphatic rings. The number of benzene rings is 8. The molecule has 0 amide bonds. The number of para-hydroxylation sites is 2. The highest BCUT2D eigenvalue weighted by molar-refractivity contribution is 6.09. The summed E-state index contributed by atoms with van der Waals surface area (Å²) < 4.78 is 13.0. The monoisotopic (exact) mass is 732 g/mol. The van der Waals surface area contributed by atoms with E-state index in [-0.39, 0.29) is 0 Å². The molecule has 0 N–H and O–H groups in total. The van der Waals surface area contributed by atoms with E-state index in [1.165, 1.54) is 0 Å². The number of fused-ring (bicyclic) bond motifs is 6. The van der Waals surface area contributed by atoms with Gasteiger partial charge in [-0.05, 0) is 60.2 Å². The van der Waals surface area contributed by atoms with Crippen LogP contribution in [0.2, 0.25) is 0 Å². The number of nitrogens with zero attached hydrogens (tertiary/aromatic N) is 4. The lowest BCUT2D eigenvalue weighted by Crippen LogP contribution is -2.11. The fraction of sp³-hybridized carbons (Fsp3) is 0. The summed E-state index contributed by atoms with van der Waals surface area (Å²) in [5.41, 5.74) is 11.2. The van der Waals surface area contributed by atoms with Crippen molar-refractivity contribution in [3.05, 3.63) is 194 Å². The van der Waals surface area contributed by atoms with Crippen molar-refractivity contribution in [2.45, 2.75) is 0 Å². The van der Waals surface area contributed by atoms with Crippen LogP contribution >= 0.6 is 0 Å². The Morgan fingerprint density at radius 1 is 0.316 bits per heavy atom. The van der Waals surface area contributed by atoms with E-state index in [0.29, 0.717) is 17.5 Å². The summed E-state index contributed by atoms with van der Waals surface area (Å²) in [6.07, 6.45) is 0. The highest BCUT2D eigenvalue weighted by Crippen LogP contribution is 2.44. The zero-order valence-electron chi connectivity index (χ0n) is 30.6. The SMILES string of the molecule is c1ccc(-c2nc(-c3ccccc3)nc(-c3ccc4oc5cc(N(c6ccc7c(c6)oc6ccccc67)c6ccccc6-c6ccccc6)ccc5c4c3)n2)cc1. The van der Waals surface area contributed by atoms with Gasteiger partial charge >= 0.3 is 0 Å². The molecule has 6 heteroatoms. The van der Waals surface area contributed by atoms with Crippen LogP contribution in [0.4, 0.5) is 17.1 Å². The Morgan fingerprint density at radius 3 is 1.42 bits per heavy atom. The number of furan rings is 2. The highest BCUT2D eigenvalue weighted by Gasteiger charge is 2.21. The first-order valence-corrected chi connectivity index (χ1v) is 18.9.